The van der Waals surface area contributed by atoms with Gasteiger partial charge >= 0.3 is 0 Å². The molecule has 0 radical (unpaired) electrons. The Morgan fingerprint density at radius 1 is 1.20 bits per heavy atom. The topological polar surface area (TPSA) is 49.3 Å². The number of aromatic nitrogens is 2. The number of rotatable bonds is 3. The summed E-state index contributed by atoms with van der Waals surface area (Å²) in [4.78, 5) is 25.0. The molecule has 1 aromatic rings. The second kappa shape index (κ2) is 6.31. The first kappa shape index (κ1) is 13.5. The molecule has 1 atom stereocenters. The van der Waals surface area contributed by atoms with Crippen molar-refractivity contribution in [1.82, 2.24) is 19.8 Å². The average Bonchev–Trinajstić information content (AvgIpc) is 2.97. The van der Waals surface area contributed by atoms with E-state index < -0.39 is 0 Å². The van der Waals surface area contributed by atoms with Gasteiger partial charge in [-0.25, -0.2) is 9.97 Å². The highest BCUT2D eigenvalue weighted by molar-refractivity contribution is 5.78. The van der Waals surface area contributed by atoms with E-state index in [2.05, 4.69) is 14.9 Å². The second-order valence-corrected chi connectivity index (χ2v) is 5.70. The van der Waals surface area contributed by atoms with Crippen LogP contribution in [-0.2, 0) is 4.79 Å². The Bertz CT molecular complexity index is 444. The van der Waals surface area contributed by atoms with Crippen molar-refractivity contribution in [1.29, 1.82) is 0 Å². The molecule has 5 heteroatoms. The number of carbonyl (C=O) groups excluding carboxylic acids is 1. The second-order valence-electron chi connectivity index (χ2n) is 5.70. The van der Waals surface area contributed by atoms with E-state index >= 15 is 0 Å². The van der Waals surface area contributed by atoms with Gasteiger partial charge in [0.15, 0.2) is 0 Å². The largest absolute Gasteiger partial charge is 0.342 e. The van der Waals surface area contributed by atoms with E-state index in [4.69, 9.17) is 0 Å². The number of hydrogen-bond donors (Lipinski definition) is 0. The summed E-state index contributed by atoms with van der Waals surface area (Å²) >= 11 is 0. The van der Waals surface area contributed by atoms with Crippen molar-refractivity contribution < 1.29 is 4.79 Å². The molecule has 2 aliphatic heterocycles. The highest BCUT2D eigenvalue weighted by Gasteiger charge is 2.30. The van der Waals surface area contributed by atoms with Gasteiger partial charge < -0.3 is 4.90 Å². The van der Waals surface area contributed by atoms with Crippen molar-refractivity contribution in [3.05, 3.63) is 24.3 Å². The molecule has 5 nitrogen and oxygen atoms in total. The third-order valence-corrected chi connectivity index (χ3v) is 4.36. The van der Waals surface area contributed by atoms with E-state index in [1.165, 1.54) is 6.42 Å². The number of carbonyl (C=O) groups is 1. The van der Waals surface area contributed by atoms with Gasteiger partial charge in [-0.1, -0.05) is 0 Å². The van der Waals surface area contributed by atoms with Crippen LogP contribution in [0.5, 0.6) is 0 Å². The predicted octanol–water partition coefficient (Wildman–Crippen LogP) is 1.63. The molecule has 0 N–H and O–H groups in total. The standard InChI is InChI=1S/C15H22N4O/c20-15(18-8-2-1-3-9-18)11-19-10-4-5-14(19)13-6-7-16-12-17-13/h6-7,12,14H,1-5,8-11H2/t14-/m1/s1. The summed E-state index contributed by atoms with van der Waals surface area (Å²) in [7, 11) is 0. The van der Waals surface area contributed by atoms with Gasteiger partial charge in [0, 0.05) is 19.3 Å². The summed E-state index contributed by atoms with van der Waals surface area (Å²) in [5.74, 6) is 0.283. The molecule has 20 heavy (non-hydrogen) atoms. The molecular weight excluding hydrogens is 252 g/mol. The van der Waals surface area contributed by atoms with Crippen molar-refractivity contribution in [2.24, 2.45) is 0 Å². The fraction of sp³-hybridized carbons (Fsp3) is 0.667. The monoisotopic (exact) mass is 274 g/mol. The molecule has 2 saturated heterocycles. The van der Waals surface area contributed by atoms with Gasteiger partial charge in [-0.3, -0.25) is 9.69 Å². The third kappa shape index (κ3) is 2.98. The molecule has 0 bridgehead atoms. The zero-order valence-electron chi connectivity index (χ0n) is 11.9. The lowest BCUT2D eigenvalue weighted by atomic mass is 10.1. The molecule has 2 fully saturated rings. The average molecular weight is 274 g/mol. The van der Waals surface area contributed by atoms with E-state index in [0.29, 0.717) is 6.54 Å². The van der Waals surface area contributed by atoms with Gasteiger partial charge in [-0.2, -0.15) is 0 Å². The fourth-order valence-corrected chi connectivity index (χ4v) is 3.27. The zero-order valence-corrected chi connectivity index (χ0v) is 11.9. The van der Waals surface area contributed by atoms with Crippen molar-refractivity contribution in [3.63, 3.8) is 0 Å². The van der Waals surface area contributed by atoms with Crippen molar-refractivity contribution in [2.75, 3.05) is 26.2 Å². The molecule has 0 unspecified atom stereocenters. The summed E-state index contributed by atoms with van der Waals surface area (Å²) < 4.78 is 0. The van der Waals surface area contributed by atoms with Crippen LogP contribution in [0.25, 0.3) is 0 Å². The molecule has 1 amide bonds. The van der Waals surface area contributed by atoms with Gasteiger partial charge in [0.2, 0.25) is 5.91 Å². The molecule has 0 saturated carbocycles. The van der Waals surface area contributed by atoms with Crippen molar-refractivity contribution >= 4 is 5.91 Å². The molecule has 3 heterocycles. The minimum absolute atomic E-state index is 0.283. The van der Waals surface area contributed by atoms with Crippen LogP contribution in [0.1, 0.15) is 43.8 Å². The lowest BCUT2D eigenvalue weighted by molar-refractivity contribution is -0.133. The number of likely N-dealkylation sites (tertiary alicyclic amines) is 2. The third-order valence-electron chi connectivity index (χ3n) is 4.36. The van der Waals surface area contributed by atoms with E-state index in [1.807, 2.05) is 11.0 Å². The van der Waals surface area contributed by atoms with Crippen LogP contribution >= 0.6 is 0 Å². The maximum Gasteiger partial charge on any atom is 0.236 e. The normalized spacial score (nSPS) is 24.0. The van der Waals surface area contributed by atoms with Gasteiger partial charge in [0.25, 0.3) is 0 Å². The van der Waals surface area contributed by atoms with Crippen LogP contribution in [0.15, 0.2) is 18.6 Å². The zero-order chi connectivity index (χ0) is 13.8. The smallest absolute Gasteiger partial charge is 0.236 e. The Kier molecular flexibility index (Phi) is 4.25. The molecule has 1 aromatic heterocycles. The first-order valence-electron chi connectivity index (χ1n) is 7.62. The van der Waals surface area contributed by atoms with Crippen molar-refractivity contribution in [3.8, 4) is 0 Å². The summed E-state index contributed by atoms with van der Waals surface area (Å²) in [6.45, 7) is 3.40. The first-order valence-corrected chi connectivity index (χ1v) is 7.62. The summed E-state index contributed by atoms with van der Waals surface area (Å²) in [5, 5.41) is 0. The Balaban J connectivity index is 1.62. The van der Waals surface area contributed by atoms with E-state index in [-0.39, 0.29) is 11.9 Å². The maximum atomic E-state index is 12.4. The van der Waals surface area contributed by atoms with Gasteiger partial charge in [0.05, 0.1) is 18.3 Å². The Labute approximate surface area is 120 Å². The van der Waals surface area contributed by atoms with Crippen LogP contribution < -0.4 is 0 Å². The number of amides is 1. The quantitative estimate of drug-likeness (QED) is 0.840. The molecular formula is C15H22N4O. The molecule has 0 aliphatic carbocycles. The SMILES string of the molecule is O=C(CN1CCC[C@@H]1c1ccncn1)N1CCCCC1. The summed E-state index contributed by atoms with van der Waals surface area (Å²) in [6, 6.07) is 2.25. The summed E-state index contributed by atoms with van der Waals surface area (Å²) in [6.07, 6.45) is 9.18. The van der Waals surface area contributed by atoms with E-state index in [9.17, 15) is 4.79 Å². The van der Waals surface area contributed by atoms with Crippen LogP contribution in [0.4, 0.5) is 0 Å². The lowest BCUT2D eigenvalue weighted by Gasteiger charge is -2.30. The van der Waals surface area contributed by atoms with Gasteiger partial charge in [0.1, 0.15) is 6.33 Å². The fourth-order valence-electron chi connectivity index (χ4n) is 3.27. The van der Waals surface area contributed by atoms with Crippen molar-refractivity contribution in [2.45, 2.75) is 38.1 Å². The van der Waals surface area contributed by atoms with Crippen LogP contribution in [0.3, 0.4) is 0 Å². The van der Waals surface area contributed by atoms with Crippen LogP contribution in [0, 0.1) is 0 Å². The minimum atomic E-state index is 0.283. The molecule has 108 valence electrons. The van der Waals surface area contributed by atoms with E-state index in [0.717, 1.165) is 51.0 Å². The molecule has 3 rings (SSSR count). The number of nitrogens with zero attached hydrogens (tertiary/aromatic N) is 4. The maximum absolute atomic E-state index is 12.4. The highest BCUT2D eigenvalue weighted by Crippen LogP contribution is 2.30. The number of piperidine rings is 1. The number of hydrogen-bond acceptors (Lipinski definition) is 4. The highest BCUT2D eigenvalue weighted by atomic mass is 16.2. The Hall–Kier alpha value is -1.49. The minimum Gasteiger partial charge on any atom is -0.342 e. The van der Waals surface area contributed by atoms with Gasteiger partial charge in [-0.05, 0) is 44.7 Å². The van der Waals surface area contributed by atoms with Crippen LogP contribution in [0.2, 0.25) is 0 Å². The Morgan fingerprint density at radius 2 is 2.05 bits per heavy atom. The molecule has 0 spiro atoms. The molecule has 0 aromatic carbocycles. The van der Waals surface area contributed by atoms with Gasteiger partial charge in [-0.15, -0.1) is 0 Å². The van der Waals surface area contributed by atoms with Crippen LogP contribution in [-0.4, -0.2) is 51.9 Å². The first-order chi connectivity index (χ1) is 9.84. The van der Waals surface area contributed by atoms with E-state index in [1.54, 1.807) is 12.5 Å². The predicted molar refractivity (Wildman–Crippen MR) is 76.0 cm³/mol. The Morgan fingerprint density at radius 3 is 2.80 bits per heavy atom. The lowest BCUT2D eigenvalue weighted by Crippen LogP contribution is -2.42. The summed E-state index contributed by atoms with van der Waals surface area (Å²) in [5.41, 5.74) is 1.05. The molecule has 2 aliphatic rings.